The molecule has 0 aliphatic heterocycles. The monoisotopic (exact) mass is 222 g/mol. The van der Waals surface area contributed by atoms with Gasteiger partial charge in [-0.1, -0.05) is 42.5 Å². The molecule has 0 atom stereocenters. The first-order chi connectivity index (χ1) is 8.27. The Labute approximate surface area is 103 Å². The van der Waals surface area contributed by atoms with Crippen molar-refractivity contribution in [1.29, 1.82) is 0 Å². The summed E-state index contributed by atoms with van der Waals surface area (Å²) in [5, 5.41) is 0. The topological polar surface area (TPSA) is 0 Å². The van der Waals surface area contributed by atoms with Crippen molar-refractivity contribution in [3.05, 3.63) is 59.2 Å². The summed E-state index contributed by atoms with van der Waals surface area (Å²) in [5.74, 6) is 0.811. The van der Waals surface area contributed by atoms with Gasteiger partial charge in [-0.15, -0.1) is 0 Å². The minimum atomic E-state index is 0.811. The van der Waals surface area contributed by atoms with E-state index < -0.39 is 0 Å². The van der Waals surface area contributed by atoms with Gasteiger partial charge in [0.05, 0.1) is 0 Å². The third kappa shape index (κ3) is 1.88. The van der Waals surface area contributed by atoms with Crippen molar-refractivity contribution in [2.75, 3.05) is 0 Å². The molecule has 86 valence electrons. The molecule has 3 rings (SSSR count). The molecule has 0 bridgehead atoms. The van der Waals surface area contributed by atoms with Crippen LogP contribution in [-0.4, -0.2) is 0 Å². The van der Waals surface area contributed by atoms with E-state index in [0.29, 0.717) is 0 Å². The Balaban J connectivity index is 2.21. The van der Waals surface area contributed by atoms with E-state index in [1.165, 1.54) is 35.1 Å². The van der Waals surface area contributed by atoms with Crippen molar-refractivity contribution >= 4 is 0 Å². The van der Waals surface area contributed by atoms with E-state index in [4.69, 9.17) is 0 Å². The van der Waals surface area contributed by atoms with Crippen molar-refractivity contribution in [3.63, 3.8) is 0 Å². The Morgan fingerprint density at radius 2 is 1.41 bits per heavy atom. The third-order valence-corrected chi connectivity index (χ3v) is 3.74. The predicted molar refractivity (Wildman–Crippen MR) is 73.3 cm³/mol. The zero-order valence-corrected chi connectivity index (χ0v) is 10.5. The maximum Gasteiger partial charge on any atom is -0.0144 e. The molecule has 2 aromatic carbocycles. The molecule has 17 heavy (non-hydrogen) atoms. The molecule has 1 fully saturated rings. The first-order valence-corrected chi connectivity index (χ1v) is 6.43. The van der Waals surface area contributed by atoms with Crippen LogP contribution < -0.4 is 0 Å². The molecule has 0 heterocycles. The second kappa shape index (κ2) is 4.03. The summed E-state index contributed by atoms with van der Waals surface area (Å²) in [5.41, 5.74) is 7.26. The van der Waals surface area contributed by atoms with Gasteiger partial charge in [0.1, 0.15) is 0 Å². The minimum Gasteiger partial charge on any atom is -0.0620 e. The number of hydrogen-bond donors (Lipinski definition) is 0. The summed E-state index contributed by atoms with van der Waals surface area (Å²) in [6.45, 7) is 4.45. The molecule has 1 saturated carbocycles. The van der Waals surface area contributed by atoms with E-state index in [1.807, 2.05) is 0 Å². The molecule has 0 nitrogen and oxygen atoms in total. The lowest BCUT2D eigenvalue weighted by molar-refractivity contribution is 1.10. The summed E-state index contributed by atoms with van der Waals surface area (Å²) in [4.78, 5) is 0. The smallest absolute Gasteiger partial charge is 0.0144 e. The minimum absolute atomic E-state index is 0.811. The van der Waals surface area contributed by atoms with Crippen molar-refractivity contribution in [1.82, 2.24) is 0 Å². The Hall–Kier alpha value is -1.56. The fourth-order valence-electron chi connectivity index (χ4n) is 2.70. The van der Waals surface area contributed by atoms with Gasteiger partial charge in [0.2, 0.25) is 0 Å². The van der Waals surface area contributed by atoms with Crippen molar-refractivity contribution in [2.24, 2.45) is 0 Å². The maximum absolute atomic E-state index is 2.28. The molecule has 0 radical (unpaired) electrons. The number of benzene rings is 2. The number of aryl methyl sites for hydroxylation is 2. The Kier molecular flexibility index (Phi) is 2.51. The van der Waals surface area contributed by atoms with Crippen LogP contribution in [-0.2, 0) is 0 Å². The van der Waals surface area contributed by atoms with Gasteiger partial charge in [-0.2, -0.15) is 0 Å². The Morgan fingerprint density at radius 1 is 0.765 bits per heavy atom. The summed E-state index contributed by atoms with van der Waals surface area (Å²) in [6, 6.07) is 15.4. The van der Waals surface area contributed by atoms with Gasteiger partial charge in [-0.3, -0.25) is 0 Å². The van der Waals surface area contributed by atoms with Gasteiger partial charge in [0.25, 0.3) is 0 Å². The zero-order valence-electron chi connectivity index (χ0n) is 10.5. The molecule has 0 unspecified atom stereocenters. The van der Waals surface area contributed by atoms with E-state index in [2.05, 4.69) is 56.3 Å². The van der Waals surface area contributed by atoms with Gasteiger partial charge in [0, 0.05) is 0 Å². The lowest BCUT2D eigenvalue weighted by atomic mass is 9.91. The highest BCUT2D eigenvalue weighted by Crippen LogP contribution is 2.46. The van der Waals surface area contributed by atoms with Crippen LogP contribution in [0.15, 0.2) is 42.5 Å². The lowest BCUT2D eigenvalue weighted by Crippen LogP contribution is -1.93. The molecule has 0 spiro atoms. The molecule has 0 amide bonds. The predicted octanol–water partition coefficient (Wildman–Crippen LogP) is 4.85. The van der Waals surface area contributed by atoms with Crippen LogP contribution in [0.1, 0.15) is 35.4 Å². The van der Waals surface area contributed by atoms with Crippen LogP contribution in [0, 0.1) is 13.8 Å². The summed E-state index contributed by atoms with van der Waals surface area (Å²) in [6.07, 6.45) is 2.73. The van der Waals surface area contributed by atoms with E-state index >= 15 is 0 Å². The molecule has 0 heteroatoms. The largest absolute Gasteiger partial charge is 0.0620 e. The van der Waals surface area contributed by atoms with Crippen molar-refractivity contribution in [3.8, 4) is 11.1 Å². The lowest BCUT2D eigenvalue weighted by Gasteiger charge is -2.14. The van der Waals surface area contributed by atoms with Gasteiger partial charge in [-0.05, 0) is 60.4 Å². The molecule has 2 aromatic rings. The van der Waals surface area contributed by atoms with E-state index in [-0.39, 0.29) is 0 Å². The highest BCUT2D eigenvalue weighted by Gasteiger charge is 2.27. The SMILES string of the molecule is Cc1ccccc1-c1cccc(C)c1C1CC1. The van der Waals surface area contributed by atoms with Gasteiger partial charge in [0.15, 0.2) is 0 Å². The Morgan fingerprint density at radius 3 is 2.12 bits per heavy atom. The summed E-state index contributed by atoms with van der Waals surface area (Å²) < 4.78 is 0. The second-order valence-electron chi connectivity index (χ2n) is 5.13. The average Bonchev–Trinajstić information content (AvgIpc) is 3.13. The third-order valence-electron chi connectivity index (χ3n) is 3.74. The molecule has 1 aliphatic rings. The fraction of sp³-hybridized carbons (Fsp3) is 0.294. The highest BCUT2D eigenvalue weighted by molar-refractivity contribution is 5.72. The molecule has 0 aromatic heterocycles. The van der Waals surface area contributed by atoms with Crippen LogP contribution in [0.5, 0.6) is 0 Å². The van der Waals surface area contributed by atoms with Gasteiger partial charge < -0.3 is 0 Å². The Bertz CT molecular complexity index is 548. The van der Waals surface area contributed by atoms with Crippen molar-refractivity contribution in [2.45, 2.75) is 32.6 Å². The van der Waals surface area contributed by atoms with E-state index in [0.717, 1.165) is 5.92 Å². The maximum atomic E-state index is 2.28. The van der Waals surface area contributed by atoms with E-state index in [1.54, 1.807) is 5.56 Å². The van der Waals surface area contributed by atoms with Crippen LogP contribution in [0.4, 0.5) is 0 Å². The van der Waals surface area contributed by atoms with Crippen LogP contribution in [0.25, 0.3) is 11.1 Å². The first-order valence-electron chi connectivity index (χ1n) is 6.43. The zero-order chi connectivity index (χ0) is 11.8. The molecular formula is C17H18. The van der Waals surface area contributed by atoms with Crippen LogP contribution in [0.2, 0.25) is 0 Å². The van der Waals surface area contributed by atoms with E-state index in [9.17, 15) is 0 Å². The number of rotatable bonds is 2. The van der Waals surface area contributed by atoms with Crippen molar-refractivity contribution < 1.29 is 0 Å². The van der Waals surface area contributed by atoms with Gasteiger partial charge >= 0.3 is 0 Å². The van der Waals surface area contributed by atoms with Crippen LogP contribution in [0.3, 0.4) is 0 Å². The quantitative estimate of drug-likeness (QED) is 0.681. The average molecular weight is 222 g/mol. The molecule has 0 N–H and O–H groups in total. The standard InChI is InChI=1S/C17H18/c1-12-6-3-4-8-15(12)16-9-5-7-13(2)17(16)14-10-11-14/h3-9,14H,10-11H2,1-2H3. The number of hydrogen-bond acceptors (Lipinski definition) is 0. The molecular weight excluding hydrogens is 204 g/mol. The molecule has 1 aliphatic carbocycles. The molecule has 0 saturated heterocycles. The summed E-state index contributed by atoms with van der Waals surface area (Å²) >= 11 is 0. The highest BCUT2D eigenvalue weighted by atomic mass is 14.3. The normalized spacial score (nSPS) is 14.9. The fourth-order valence-corrected chi connectivity index (χ4v) is 2.70. The summed E-state index contributed by atoms with van der Waals surface area (Å²) in [7, 11) is 0. The first kappa shape index (κ1) is 10.6. The van der Waals surface area contributed by atoms with Crippen LogP contribution >= 0.6 is 0 Å². The second-order valence-corrected chi connectivity index (χ2v) is 5.13. The van der Waals surface area contributed by atoms with Gasteiger partial charge in [-0.25, -0.2) is 0 Å².